The first-order chi connectivity index (χ1) is 5.15. The van der Waals surface area contributed by atoms with Crippen molar-refractivity contribution in [1.29, 1.82) is 0 Å². The number of nitrogens with one attached hydrogen (secondary N) is 1. The quantitative estimate of drug-likeness (QED) is 0.571. The lowest BCUT2D eigenvalue weighted by molar-refractivity contribution is -0.111. The maximum Gasteiger partial charge on any atom is 0.176 e. The standard InChI is InChI=1S/C7H13N3O/c1-5(2)7-8-6(4-11)10(3)9-7/h4-6H,1-3H3,(H,8,9). The number of carbonyl (C=O) groups excluding carboxylic acids is 1. The minimum atomic E-state index is -0.340. The molecule has 1 atom stereocenters. The van der Waals surface area contributed by atoms with Crippen LogP contribution in [0.15, 0.2) is 4.99 Å². The molecule has 11 heavy (non-hydrogen) atoms. The smallest absolute Gasteiger partial charge is 0.176 e. The predicted octanol–water partition coefficient (Wildman–Crippen LogP) is 0.0159. The number of hydrogen-bond acceptors (Lipinski definition) is 4. The summed E-state index contributed by atoms with van der Waals surface area (Å²) in [5.74, 6) is 1.23. The summed E-state index contributed by atoms with van der Waals surface area (Å²) in [5.41, 5.74) is 3.01. The molecule has 0 saturated heterocycles. The van der Waals surface area contributed by atoms with Gasteiger partial charge in [0.1, 0.15) is 5.84 Å². The number of aldehydes is 1. The highest BCUT2D eigenvalue weighted by Gasteiger charge is 2.22. The molecule has 0 aromatic carbocycles. The first-order valence-corrected chi connectivity index (χ1v) is 3.67. The molecule has 0 aromatic rings. The van der Waals surface area contributed by atoms with Crippen LogP contribution in [0, 0.1) is 5.92 Å². The Hall–Kier alpha value is -0.900. The fourth-order valence-corrected chi connectivity index (χ4v) is 0.905. The number of amidine groups is 1. The summed E-state index contributed by atoms with van der Waals surface area (Å²) in [6, 6.07) is 0. The SMILES string of the molecule is CC(C)C1=NC(C=O)N(C)N1. The number of carbonyl (C=O) groups is 1. The van der Waals surface area contributed by atoms with Crippen molar-refractivity contribution in [2.24, 2.45) is 10.9 Å². The molecule has 4 heteroatoms. The van der Waals surface area contributed by atoms with E-state index in [4.69, 9.17) is 0 Å². The van der Waals surface area contributed by atoms with E-state index in [1.54, 1.807) is 12.1 Å². The average molecular weight is 155 g/mol. The van der Waals surface area contributed by atoms with Crippen molar-refractivity contribution >= 4 is 12.1 Å². The van der Waals surface area contributed by atoms with Gasteiger partial charge < -0.3 is 5.43 Å². The maximum atomic E-state index is 10.4. The van der Waals surface area contributed by atoms with Crippen molar-refractivity contribution in [3.63, 3.8) is 0 Å². The summed E-state index contributed by atoms with van der Waals surface area (Å²) in [6.45, 7) is 4.07. The van der Waals surface area contributed by atoms with Crippen LogP contribution in [-0.2, 0) is 4.79 Å². The molecule has 0 aromatic heterocycles. The second kappa shape index (κ2) is 3.00. The van der Waals surface area contributed by atoms with Crippen LogP contribution in [0.2, 0.25) is 0 Å². The predicted molar refractivity (Wildman–Crippen MR) is 43.0 cm³/mol. The molecule has 0 bridgehead atoms. The van der Waals surface area contributed by atoms with Gasteiger partial charge >= 0.3 is 0 Å². The number of hydrogen-bond donors (Lipinski definition) is 1. The number of nitrogens with zero attached hydrogens (tertiary/aromatic N) is 2. The lowest BCUT2D eigenvalue weighted by Crippen LogP contribution is -2.39. The van der Waals surface area contributed by atoms with Crippen LogP contribution < -0.4 is 5.43 Å². The van der Waals surface area contributed by atoms with E-state index >= 15 is 0 Å². The van der Waals surface area contributed by atoms with Gasteiger partial charge in [-0.25, -0.2) is 4.99 Å². The van der Waals surface area contributed by atoms with Crippen LogP contribution in [0.25, 0.3) is 0 Å². The van der Waals surface area contributed by atoms with Gasteiger partial charge in [-0.15, -0.1) is 0 Å². The Morgan fingerprint density at radius 1 is 1.73 bits per heavy atom. The molecule has 0 spiro atoms. The highest BCUT2D eigenvalue weighted by molar-refractivity contribution is 5.87. The fourth-order valence-electron chi connectivity index (χ4n) is 0.905. The normalized spacial score (nSPS) is 25.1. The highest BCUT2D eigenvalue weighted by atomic mass is 16.1. The molecular weight excluding hydrogens is 142 g/mol. The van der Waals surface area contributed by atoms with Gasteiger partial charge in [-0.05, 0) is 0 Å². The molecule has 1 aliphatic rings. The molecule has 0 amide bonds. The third-order valence-electron chi connectivity index (χ3n) is 1.63. The van der Waals surface area contributed by atoms with Crippen molar-refractivity contribution in [3.8, 4) is 0 Å². The van der Waals surface area contributed by atoms with Gasteiger partial charge in [0, 0.05) is 13.0 Å². The van der Waals surface area contributed by atoms with Crippen molar-refractivity contribution in [1.82, 2.24) is 10.4 Å². The minimum Gasteiger partial charge on any atom is -0.305 e. The summed E-state index contributed by atoms with van der Waals surface area (Å²) >= 11 is 0. The average Bonchev–Trinajstić information content (AvgIpc) is 2.31. The maximum absolute atomic E-state index is 10.4. The fraction of sp³-hybridized carbons (Fsp3) is 0.714. The van der Waals surface area contributed by atoms with E-state index in [2.05, 4.69) is 10.4 Å². The molecule has 0 aliphatic carbocycles. The van der Waals surface area contributed by atoms with Crippen LogP contribution in [0.5, 0.6) is 0 Å². The van der Waals surface area contributed by atoms with Gasteiger partial charge in [-0.1, -0.05) is 13.8 Å². The summed E-state index contributed by atoms with van der Waals surface area (Å²) in [5, 5.41) is 1.70. The van der Waals surface area contributed by atoms with Gasteiger partial charge in [-0.2, -0.15) is 5.01 Å². The zero-order chi connectivity index (χ0) is 8.43. The van der Waals surface area contributed by atoms with Gasteiger partial charge in [-0.3, -0.25) is 4.79 Å². The van der Waals surface area contributed by atoms with E-state index in [1.165, 1.54) is 0 Å². The Labute approximate surface area is 66.3 Å². The Bertz CT molecular complexity index is 188. The summed E-state index contributed by atoms with van der Waals surface area (Å²) in [4.78, 5) is 14.5. The molecule has 1 heterocycles. The van der Waals surface area contributed by atoms with Crippen molar-refractivity contribution in [2.45, 2.75) is 20.0 Å². The summed E-state index contributed by atoms with van der Waals surface area (Å²) < 4.78 is 0. The Morgan fingerprint density at radius 2 is 2.36 bits per heavy atom. The van der Waals surface area contributed by atoms with E-state index in [1.807, 2.05) is 13.8 Å². The number of likely N-dealkylation sites (N-methyl/N-ethyl adjacent to an activating group) is 1. The lowest BCUT2D eigenvalue weighted by Gasteiger charge is -2.13. The van der Waals surface area contributed by atoms with Crippen LogP contribution in [0.4, 0.5) is 0 Å². The largest absolute Gasteiger partial charge is 0.305 e. The lowest BCUT2D eigenvalue weighted by atomic mass is 10.2. The first-order valence-electron chi connectivity index (χ1n) is 3.67. The zero-order valence-corrected chi connectivity index (χ0v) is 7.03. The van der Waals surface area contributed by atoms with Crippen molar-refractivity contribution in [2.75, 3.05) is 7.05 Å². The summed E-state index contributed by atoms with van der Waals surface area (Å²) in [7, 11) is 1.80. The van der Waals surface area contributed by atoms with E-state index in [0.717, 1.165) is 12.1 Å². The van der Waals surface area contributed by atoms with E-state index in [-0.39, 0.29) is 6.17 Å². The second-order valence-corrected chi connectivity index (χ2v) is 2.94. The molecule has 62 valence electrons. The van der Waals surface area contributed by atoms with E-state index in [9.17, 15) is 4.79 Å². The molecule has 1 unspecified atom stereocenters. The summed E-state index contributed by atoms with van der Waals surface area (Å²) in [6.07, 6.45) is 0.481. The molecule has 0 radical (unpaired) electrons. The monoisotopic (exact) mass is 155 g/mol. The van der Waals surface area contributed by atoms with E-state index in [0.29, 0.717) is 5.92 Å². The number of hydrazine groups is 1. The molecule has 1 aliphatic heterocycles. The first kappa shape index (κ1) is 8.20. The molecule has 0 saturated carbocycles. The highest BCUT2D eigenvalue weighted by Crippen LogP contribution is 2.06. The van der Waals surface area contributed by atoms with Crippen LogP contribution >= 0.6 is 0 Å². The molecule has 0 fully saturated rings. The van der Waals surface area contributed by atoms with Gasteiger partial charge in [0.15, 0.2) is 12.5 Å². The molecule has 1 N–H and O–H groups in total. The zero-order valence-electron chi connectivity index (χ0n) is 7.03. The van der Waals surface area contributed by atoms with Gasteiger partial charge in [0.2, 0.25) is 0 Å². The molecule has 1 rings (SSSR count). The molecular formula is C7H13N3O. The number of rotatable bonds is 2. The van der Waals surface area contributed by atoms with Crippen molar-refractivity contribution < 1.29 is 4.79 Å². The second-order valence-electron chi connectivity index (χ2n) is 2.94. The topological polar surface area (TPSA) is 44.7 Å². The Morgan fingerprint density at radius 3 is 2.64 bits per heavy atom. The third-order valence-corrected chi connectivity index (χ3v) is 1.63. The van der Waals surface area contributed by atoms with Gasteiger partial charge in [0.25, 0.3) is 0 Å². The van der Waals surface area contributed by atoms with E-state index < -0.39 is 0 Å². The Balaban J connectivity index is 2.66. The van der Waals surface area contributed by atoms with Crippen molar-refractivity contribution in [3.05, 3.63) is 0 Å². The Kier molecular flexibility index (Phi) is 2.24. The van der Waals surface area contributed by atoms with Crippen LogP contribution in [0.3, 0.4) is 0 Å². The van der Waals surface area contributed by atoms with Crippen LogP contribution in [0.1, 0.15) is 13.8 Å². The van der Waals surface area contributed by atoms with Crippen LogP contribution in [-0.4, -0.2) is 30.3 Å². The van der Waals surface area contributed by atoms with Gasteiger partial charge in [0.05, 0.1) is 0 Å². The minimum absolute atomic E-state index is 0.340. The third kappa shape index (κ3) is 1.57. The number of aliphatic imine (C=N–C) groups is 1. The molecule has 4 nitrogen and oxygen atoms in total.